The summed E-state index contributed by atoms with van der Waals surface area (Å²) < 4.78 is 29.0. The van der Waals surface area contributed by atoms with Gasteiger partial charge in [0, 0.05) is 17.6 Å². The SMILES string of the molecule is CC[C@@H](C(=O)NC1CCCC1)N(Cc1ccccc1Cl)C(=O)CN(c1ccc(C)cc1)S(=O)(=O)c1ccc(C)cc1. The van der Waals surface area contributed by atoms with E-state index in [9.17, 15) is 18.0 Å². The largest absolute Gasteiger partial charge is 0.352 e. The fourth-order valence-corrected chi connectivity index (χ4v) is 6.78. The molecule has 1 aliphatic carbocycles. The minimum atomic E-state index is -4.11. The molecule has 4 rings (SSSR count). The lowest BCUT2D eigenvalue weighted by Gasteiger charge is -2.34. The zero-order valence-electron chi connectivity index (χ0n) is 23.8. The van der Waals surface area contributed by atoms with Gasteiger partial charge in [-0.25, -0.2) is 8.42 Å². The van der Waals surface area contributed by atoms with Crippen molar-refractivity contribution in [3.63, 3.8) is 0 Å². The molecule has 1 saturated carbocycles. The van der Waals surface area contributed by atoms with Crippen molar-refractivity contribution < 1.29 is 18.0 Å². The molecule has 0 saturated heterocycles. The molecule has 1 N–H and O–H groups in total. The number of aryl methyl sites for hydroxylation is 2. The zero-order chi connectivity index (χ0) is 29.6. The molecule has 0 bridgehead atoms. The second-order valence-corrected chi connectivity index (χ2v) is 13.0. The van der Waals surface area contributed by atoms with E-state index < -0.39 is 28.5 Å². The maximum absolute atomic E-state index is 14.2. The molecule has 7 nitrogen and oxygen atoms in total. The first-order valence-corrected chi connectivity index (χ1v) is 15.9. The number of nitrogens with one attached hydrogen (secondary N) is 1. The molecule has 1 atom stereocenters. The summed E-state index contributed by atoms with van der Waals surface area (Å²) in [4.78, 5) is 29.3. The maximum Gasteiger partial charge on any atom is 0.264 e. The Morgan fingerprint density at radius 2 is 1.51 bits per heavy atom. The van der Waals surface area contributed by atoms with Gasteiger partial charge in [-0.2, -0.15) is 0 Å². The first kappa shape index (κ1) is 30.6. The second kappa shape index (κ2) is 13.5. The summed E-state index contributed by atoms with van der Waals surface area (Å²) in [6, 6.07) is 20.0. The first-order chi connectivity index (χ1) is 19.6. The molecule has 0 aromatic heterocycles. The third kappa shape index (κ3) is 7.49. The van der Waals surface area contributed by atoms with E-state index in [2.05, 4.69) is 5.32 Å². The number of carbonyl (C=O) groups is 2. The van der Waals surface area contributed by atoms with E-state index in [4.69, 9.17) is 11.6 Å². The van der Waals surface area contributed by atoms with E-state index in [0.717, 1.165) is 41.1 Å². The Hall–Kier alpha value is -3.36. The van der Waals surface area contributed by atoms with Crippen LogP contribution in [0.25, 0.3) is 0 Å². The average Bonchev–Trinajstić information content (AvgIpc) is 3.46. The Morgan fingerprint density at radius 1 is 0.927 bits per heavy atom. The molecular formula is C32H38ClN3O4S. The van der Waals surface area contributed by atoms with Crippen LogP contribution >= 0.6 is 11.6 Å². The van der Waals surface area contributed by atoms with Crippen LogP contribution in [-0.2, 0) is 26.2 Å². The van der Waals surface area contributed by atoms with Crippen LogP contribution < -0.4 is 9.62 Å². The molecule has 1 aliphatic rings. The standard InChI is InChI=1S/C32H38ClN3O4S/c1-4-30(32(38)34-26-10-6-7-11-26)35(21-25-9-5-8-12-29(25)33)31(37)22-36(27-17-13-23(2)14-18-27)41(39,40)28-19-15-24(3)16-20-28/h5,8-9,12-20,26,30H,4,6-7,10-11,21-22H2,1-3H3,(H,34,38)/t30-/m0/s1. The number of halogens is 1. The molecule has 2 amide bonds. The number of hydrogen-bond donors (Lipinski definition) is 1. The van der Waals surface area contributed by atoms with Crippen molar-refractivity contribution in [2.24, 2.45) is 0 Å². The fourth-order valence-electron chi connectivity index (χ4n) is 5.17. The summed E-state index contributed by atoms with van der Waals surface area (Å²) in [6.07, 6.45) is 4.32. The van der Waals surface area contributed by atoms with Gasteiger partial charge in [-0.3, -0.25) is 13.9 Å². The lowest BCUT2D eigenvalue weighted by atomic mass is 10.1. The normalized spacial score (nSPS) is 14.4. The Balaban J connectivity index is 1.72. The highest BCUT2D eigenvalue weighted by atomic mass is 35.5. The lowest BCUT2D eigenvalue weighted by molar-refractivity contribution is -0.140. The molecule has 0 radical (unpaired) electrons. The van der Waals surface area contributed by atoms with Gasteiger partial charge in [0.25, 0.3) is 10.0 Å². The van der Waals surface area contributed by atoms with Crippen LogP contribution in [0.4, 0.5) is 5.69 Å². The van der Waals surface area contributed by atoms with E-state index in [1.807, 2.05) is 45.0 Å². The predicted molar refractivity (Wildman–Crippen MR) is 163 cm³/mol. The topological polar surface area (TPSA) is 86.8 Å². The van der Waals surface area contributed by atoms with Gasteiger partial charge in [0.1, 0.15) is 12.6 Å². The Kier molecular flexibility index (Phi) is 10.1. The quantitative estimate of drug-likeness (QED) is 0.294. The summed E-state index contributed by atoms with van der Waals surface area (Å²) in [5.41, 5.74) is 2.93. The monoisotopic (exact) mass is 595 g/mol. The van der Waals surface area contributed by atoms with Crippen molar-refractivity contribution >= 4 is 39.1 Å². The molecular weight excluding hydrogens is 558 g/mol. The van der Waals surface area contributed by atoms with Gasteiger partial charge in [0.05, 0.1) is 10.6 Å². The third-order valence-electron chi connectivity index (χ3n) is 7.60. The Bertz CT molecular complexity index is 1450. The second-order valence-electron chi connectivity index (χ2n) is 10.7. The Labute approximate surface area is 248 Å². The number of benzene rings is 3. The molecule has 218 valence electrons. The van der Waals surface area contributed by atoms with E-state index >= 15 is 0 Å². The minimum absolute atomic E-state index is 0.0709. The van der Waals surface area contributed by atoms with Crippen molar-refractivity contribution in [1.82, 2.24) is 10.2 Å². The summed E-state index contributed by atoms with van der Waals surface area (Å²) in [6.45, 7) is 5.24. The van der Waals surface area contributed by atoms with Gasteiger partial charge in [0.2, 0.25) is 11.8 Å². The number of sulfonamides is 1. The Morgan fingerprint density at radius 3 is 2.10 bits per heavy atom. The number of carbonyl (C=O) groups excluding carboxylic acids is 2. The molecule has 9 heteroatoms. The number of anilines is 1. The van der Waals surface area contributed by atoms with Gasteiger partial charge in [-0.05, 0) is 69.0 Å². The van der Waals surface area contributed by atoms with Gasteiger partial charge < -0.3 is 10.2 Å². The van der Waals surface area contributed by atoms with Crippen molar-refractivity contribution in [3.8, 4) is 0 Å². The highest BCUT2D eigenvalue weighted by Crippen LogP contribution is 2.27. The van der Waals surface area contributed by atoms with Crippen molar-refractivity contribution in [1.29, 1.82) is 0 Å². The molecule has 0 unspecified atom stereocenters. The van der Waals surface area contributed by atoms with E-state index in [-0.39, 0.29) is 23.4 Å². The third-order valence-corrected chi connectivity index (χ3v) is 9.75. The predicted octanol–water partition coefficient (Wildman–Crippen LogP) is 6.02. The van der Waals surface area contributed by atoms with Crippen LogP contribution in [0.15, 0.2) is 77.7 Å². The van der Waals surface area contributed by atoms with Crippen molar-refractivity contribution in [2.45, 2.75) is 76.4 Å². The number of rotatable bonds is 11. The summed E-state index contributed by atoms with van der Waals surface area (Å²) in [5, 5.41) is 3.59. The van der Waals surface area contributed by atoms with Crippen LogP contribution in [0.2, 0.25) is 5.02 Å². The van der Waals surface area contributed by atoms with Gasteiger partial charge in [0.15, 0.2) is 0 Å². The molecule has 0 heterocycles. The molecule has 0 aliphatic heterocycles. The molecule has 3 aromatic carbocycles. The first-order valence-electron chi connectivity index (χ1n) is 14.1. The van der Waals surface area contributed by atoms with Crippen LogP contribution in [0.3, 0.4) is 0 Å². The highest BCUT2D eigenvalue weighted by molar-refractivity contribution is 7.92. The zero-order valence-corrected chi connectivity index (χ0v) is 25.4. The highest BCUT2D eigenvalue weighted by Gasteiger charge is 2.34. The van der Waals surface area contributed by atoms with Gasteiger partial charge in [-0.1, -0.05) is 85.0 Å². The lowest BCUT2D eigenvalue weighted by Crippen LogP contribution is -2.53. The summed E-state index contributed by atoms with van der Waals surface area (Å²) in [5.74, 6) is -0.724. The fraction of sp³-hybridized carbons (Fsp3) is 0.375. The van der Waals surface area contributed by atoms with Crippen LogP contribution in [-0.4, -0.2) is 43.8 Å². The minimum Gasteiger partial charge on any atom is -0.352 e. The van der Waals surface area contributed by atoms with E-state index in [1.54, 1.807) is 48.5 Å². The number of nitrogens with zero attached hydrogens (tertiary/aromatic N) is 2. The van der Waals surface area contributed by atoms with E-state index in [1.165, 1.54) is 4.90 Å². The smallest absolute Gasteiger partial charge is 0.264 e. The van der Waals surface area contributed by atoms with Crippen molar-refractivity contribution in [2.75, 3.05) is 10.8 Å². The van der Waals surface area contributed by atoms with E-state index in [0.29, 0.717) is 22.7 Å². The summed E-state index contributed by atoms with van der Waals surface area (Å²) in [7, 11) is -4.11. The summed E-state index contributed by atoms with van der Waals surface area (Å²) >= 11 is 6.47. The molecule has 0 spiro atoms. The number of amides is 2. The molecule has 3 aromatic rings. The molecule has 1 fully saturated rings. The van der Waals surface area contributed by atoms with Crippen LogP contribution in [0.5, 0.6) is 0 Å². The van der Waals surface area contributed by atoms with Crippen molar-refractivity contribution in [3.05, 3.63) is 94.5 Å². The van der Waals surface area contributed by atoms with Crippen LogP contribution in [0, 0.1) is 13.8 Å². The van der Waals surface area contributed by atoms with Crippen LogP contribution in [0.1, 0.15) is 55.7 Å². The average molecular weight is 596 g/mol. The molecule has 41 heavy (non-hydrogen) atoms. The number of hydrogen-bond acceptors (Lipinski definition) is 4. The van der Waals surface area contributed by atoms with Gasteiger partial charge >= 0.3 is 0 Å². The van der Waals surface area contributed by atoms with Gasteiger partial charge in [-0.15, -0.1) is 0 Å². The maximum atomic E-state index is 14.2.